The third kappa shape index (κ3) is 1.35. The number of fused-ring (bicyclic) bond motifs is 3. The molecule has 0 fully saturated rings. The molecule has 3 aromatic rings. The Hall–Kier alpha value is -1.37. The second-order valence-corrected chi connectivity index (χ2v) is 5.07. The van der Waals surface area contributed by atoms with Crippen molar-refractivity contribution >= 4 is 40.7 Å². The molecule has 0 spiro atoms. The van der Waals surface area contributed by atoms with Crippen molar-refractivity contribution in [2.75, 3.05) is 0 Å². The third-order valence-electron chi connectivity index (χ3n) is 2.53. The summed E-state index contributed by atoms with van der Waals surface area (Å²) in [4.78, 5) is 0. The zero-order chi connectivity index (χ0) is 11.1. The summed E-state index contributed by atoms with van der Waals surface area (Å²) in [5.74, 6) is 0. The Balaban J connectivity index is 2.70. The molecule has 0 saturated carbocycles. The molecule has 0 N–H and O–H groups in total. The average molecular weight is 250 g/mol. The van der Waals surface area contributed by atoms with Gasteiger partial charge in [-0.2, -0.15) is 0 Å². The molecular formula is C12H7ClO2P+. The molecule has 0 aliphatic heterocycles. The largest absolute Gasteiger partial charge is 0.597 e. The van der Waals surface area contributed by atoms with Gasteiger partial charge in [0.2, 0.25) is 10.7 Å². The number of para-hydroxylation sites is 1. The fourth-order valence-electron chi connectivity index (χ4n) is 1.81. The zero-order valence-electron chi connectivity index (χ0n) is 8.18. The number of rotatable bonds is 0. The topological polar surface area (TPSA) is 30.2 Å². The monoisotopic (exact) mass is 249 g/mol. The van der Waals surface area contributed by atoms with E-state index in [1.807, 2.05) is 36.4 Å². The van der Waals surface area contributed by atoms with Crippen molar-refractivity contribution in [1.82, 2.24) is 0 Å². The standard InChI is InChI=1S/C12H7ClO2P/c13-10-6-3-5-9-8-4-1-2-7-11(8)16(14)15-12(9)10/h1-7H/q+1. The van der Waals surface area contributed by atoms with Crippen LogP contribution in [0.3, 0.4) is 0 Å². The summed E-state index contributed by atoms with van der Waals surface area (Å²) in [5.41, 5.74) is 0.518. The minimum Gasteiger partial charge on any atom is -0.248 e. The summed E-state index contributed by atoms with van der Waals surface area (Å²) < 4.78 is 17.2. The van der Waals surface area contributed by atoms with E-state index in [9.17, 15) is 4.57 Å². The van der Waals surface area contributed by atoms with Crippen LogP contribution in [0.25, 0.3) is 21.5 Å². The first-order valence-electron chi connectivity index (χ1n) is 4.80. The van der Waals surface area contributed by atoms with Crippen molar-refractivity contribution < 1.29 is 8.76 Å². The maximum Gasteiger partial charge on any atom is 0.597 e. The van der Waals surface area contributed by atoms with Gasteiger partial charge in [-0.1, -0.05) is 35.9 Å². The number of hydrogen-bond donors (Lipinski definition) is 0. The van der Waals surface area contributed by atoms with Crippen molar-refractivity contribution in [2.24, 2.45) is 0 Å². The van der Waals surface area contributed by atoms with E-state index in [0.717, 1.165) is 15.9 Å². The molecule has 0 aliphatic rings. The molecule has 4 heteroatoms. The molecule has 1 unspecified atom stereocenters. The van der Waals surface area contributed by atoms with Crippen LogP contribution in [0.4, 0.5) is 0 Å². The zero-order valence-corrected chi connectivity index (χ0v) is 9.83. The Morgan fingerprint density at radius 3 is 2.62 bits per heavy atom. The van der Waals surface area contributed by atoms with Crippen molar-refractivity contribution in [3.8, 4) is 0 Å². The molecule has 1 atom stereocenters. The van der Waals surface area contributed by atoms with Crippen LogP contribution in [-0.4, -0.2) is 0 Å². The smallest absolute Gasteiger partial charge is 0.248 e. The van der Waals surface area contributed by atoms with Gasteiger partial charge in [0.15, 0.2) is 0 Å². The summed E-state index contributed by atoms with van der Waals surface area (Å²) in [5, 5.41) is 3.06. The highest BCUT2D eigenvalue weighted by Gasteiger charge is 2.17. The molecule has 0 bridgehead atoms. The Bertz CT molecular complexity index is 749. The lowest BCUT2D eigenvalue weighted by atomic mass is 10.1. The first kappa shape index (κ1) is 9.83. The van der Waals surface area contributed by atoms with Gasteiger partial charge in [0.05, 0.1) is 5.02 Å². The van der Waals surface area contributed by atoms with Gasteiger partial charge in [-0.25, -0.2) is 4.20 Å². The van der Waals surface area contributed by atoms with Crippen LogP contribution in [0.5, 0.6) is 0 Å². The molecule has 2 nitrogen and oxygen atoms in total. The summed E-state index contributed by atoms with van der Waals surface area (Å²) in [6.45, 7) is 0. The maximum atomic E-state index is 11.9. The number of hydrogen-bond acceptors (Lipinski definition) is 2. The second kappa shape index (κ2) is 3.58. The van der Waals surface area contributed by atoms with Crippen LogP contribution in [0, 0.1) is 0 Å². The molecule has 78 valence electrons. The lowest BCUT2D eigenvalue weighted by Gasteiger charge is -1.96. The molecule has 2 aromatic carbocycles. The molecule has 1 aromatic heterocycles. The highest BCUT2D eigenvalue weighted by Crippen LogP contribution is 2.37. The van der Waals surface area contributed by atoms with Crippen LogP contribution < -0.4 is 0 Å². The first-order chi connectivity index (χ1) is 7.77. The van der Waals surface area contributed by atoms with E-state index < -0.39 is 7.65 Å². The molecule has 3 rings (SSSR count). The highest BCUT2D eigenvalue weighted by atomic mass is 35.5. The second-order valence-electron chi connectivity index (χ2n) is 3.48. The minimum absolute atomic E-state index is 0.496. The molecule has 1 heterocycles. The van der Waals surface area contributed by atoms with Crippen LogP contribution in [0.2, 0.25) is 5.02 Å². The molecule has 0 aliphatic carbocycles. The quantitative estimate of drug-likeness (QED) is 0.526. The summed E-state index contributed by atoms with van der Waals surface area (Å²) >= 11 is 6.02. The van der Waals surface area contributed by atoms with Gasteiger partial charge in [-0.3, -0.25) is 0 Å². The fourth-order valence-corrected chi connectivity index (χ4v) is 3.13. The SMILES string of the molecule is O=[p+]1oc2c(Cl)cccc2c2ccccc21. The van der Waals surface area contributed by atoms with E-state index in [-0.39, 0.29) is 0 Å². The van der Waals surface area contributed by atoms with Crippen molar-refractivity contribution in [2.45, 2.75) is 0 Å². The molecule has 0 amide bonds. The summed E-state index contributed by atoms with van der Waals surface area (Å²) in [7, 11) is -1.84. The van der Waals surface area contributed by atoms with Gasteiger partial charge in [-0.15, -0.1) is 0 Å². The van der Waals surface area contributed by atoms with Crippen molar-refractivity contribution in [1.29, 1.82) is 0 Å². The summed E-state index contributed by atoms with van der Waals surface area (Å²) in [6.07, 6.45) is 0. The van der Waals surface area contributed by atoms with E-state index in [1.165, 1.54) is 0 Å². The van der Waals surface area contributed by atoms with Crippen molar-refractivity contribution in [3.05, 3.63) is 47.5 Å². The normalized spacial score (nSPS) is 12.2. The van der Waals surface area contributed by atoms with Crippen LogP contribution in [0.15, 0.2) is 46.7 Å². The van der Waals surface area contributed by atoms with Gasteiger partial charge in [-0.05, 0) is 22.8 Å². The Labute approximate surface area is 97.3 Å². The Kier molecular flexibility index (Phi) is 2.20. The van der Waals surface area contributed by atoms with Crippen LogP contribution in [-0.2, 0) is 4.57 Å². The van der Waals surface area contributed by atoms with Gasteiger partial charge in [0.25, 0.3) is 0 Å². The fraction of sp³-hybridized carbons (Fsp3) is 0. The molecular weight excluding hydrogens is 243 g/mol. The predicted octanol–water partition coefficient (Wildman–Crippen LogP) is 4.98. The molecule has 0 radical (unpaired) electrons. The van der Waals surface area contributed by atoms with Crippen molar-refractivity contribution in [3.63, 3.8) is 0 Å². The number of benzene rings is 2. The van der Waals surface area contributed by atoms with Gasteiger partial charge in [0.1, 0.15) is 0 Å². The van der Waals surface area contributed by atoms with Crippen LogP contribution >= 0.6 is 19.3 Å². The van der Waals surface area contributed by atoms with Crippen LogP contribution in [0.1, 0.15) is 0 Å². The van der Waals surface area contributed by atoms with E-state index >= 15 is 0 Å². The van der Waals surface area contributed by atoms with E-state index in [0.29, 0.717) is 10.6 Å². The summed E-state index contributed by atoms with van der Waals surface area (Å²) in [6, 6.07) is 13.0. The van der Waals surface area contributed by atoms with Gasteiger partial charge < -0.3 is 0 Å². The number of halogens is 1. The van der Waals surface area contributed by atoms with Gasteiger partial charge in [0, 0.05) is 10.8 Å². The minimum atomic E-state index is -1.84. The highest BCUT2D eigenvalue weighted by molar-refractivity contribution is 7.37. The first-order valence-corrected chi connectivity index (χ1v) is 6.36. The Morgan fingerprint density at radius 1 is 1.00 bits per heavy atom. The lowest BCUT2D eigenvalue weighted by Crippen LogP contribution is -1.75. The molecule has 0 saturated heterocycles. The Morgan fingerprint density at radius 2 is 1.75 bits per heavy atom. The van der Waals surface area contributed by atoms with E-state index in [2.05, 4.69) is 0 Å². The predicted molar refractivity (Wildman–Crippen MR) is 66.3 cm³/mol. The van der Waals surface area contributed by atoms with E-state index in [4.69, 9.17) is 15.8 Å². The molecule has 16 heavy (non-hydrogen) atoms. The lowest BCUT2D eigenvalue weighted by molar-refractivity contribution is 0.563. The average Bonchev–Trinajstić information content (AvgIpc) is 2.31. The third-order valence-corrected chi connectivity index (χ3v) is 3.96. The van der Waals surface area contributed by atoms with E-state index in [1.54, 1.807) is 6.07 Å². The maximum absolute atomic E-state index is 11.9. The van der Waals surface area contributed by atoms with Gasteiger partial charge >= 0.3 is 7.65 Å².